The topological polar surface area (TPSA) is 58.6 Å². The number of hydrogen-bond acceptors (Lipinski definition) is 4. The number of likely N-dealkylation sites (tertiary alicyclic amines) is 1. The second kappa shape index (κ2) is 12.4. The van der Waals surface area contributed by atoms with E-state index in [-0.39, 0.29) is 12.1 Å². The number of carbonyl (C=O) groups is 2. The molecule has 1 aliphatic heterocycles. The minimum absolute atomic E-state index is 0.204. The summed E-state index contributed by atoms with van der Waals surface area (Å²) in [7, 11) is 0. The highest BCUT2D eigenvalue weighted by molar-refractivity contribution is 6.42. The number of Topliss-reactive ketones (excluding diaryl/α,β-unsaturated/α-hetero) is 1. The normalized spacial score (nSPS) is 16.3. The maximum absolute atomic E-state index is 13.1. The number of benzene rings is 3. The first-order valence-electron chi connectivity index (χ1n) is 14.1. The van der Waals surface area contributed by atoms with Gasteiger partial charge in [0.1, 0.15) is 5.75 Å². The molecule has 5 nitrogen and oxygen atoms in total. The Kier molecular flexibility index (Phi) is 8.69. The molecule has 6 heteroatoms. The van der Waals surface area contributed by atoms with Crippen LogP contribution < -0.4 is 10.1 Å². The lowest BCUT2D eigenvalue weighted by Crippen LogP contribution is -2.46. The number of halogens is 1. The van der Waals surface area contributed by atoms with Gasteiger partial charge in [0.25, 0.3) is 5.91 Å². The number of ether oxygens (including phenoxy) is 1. The highest BCUT2D eigenvalue weighted by Gasteiger charge is 2.26. The molecule has 3 aromatic carbocycles. The van der Waals surface area contributed by atoms with Gasteiger partial charge >= 0.3 is 0 Å². The van der Waals surface area contributed by atoms with Gasteiger partial charge in [0.15, 0.2) is 0 Å². The first-order valence-corrected chi connectivity index (χ1v) is 14.5. The Balaban J connectivity index is 1.25. The molecule has 0 spiro atoms. The van der Waals surface area contributed by atoms with E-state index in [0.29, 0.717) is 35.2 Å². The highest BCUT2D eigenvalue weighted by atomic mass is 35.5. The zero-order valence-electron chi connectivity index (χ0n) is 22.8. The molecule has 1 N–H and O–H groups in total. The number of hydrogen-bond donors (Lipinski definition) is 1. The maximum Gasteiger partial charge on any atom is 0.292 e. The average molecular weight is 545 g/mol. The van der Waals surface area contributed by atoms with Crippen LogP contribution in [0, 0.1) is 0 Å². The average Bonchev–Trinajstić information content (AvgIpc) is 3.61. The van der Waals surface area contributed by atoms with E-state index in [1.807, 2.05) is 30.3 Å². The Morgan fingerprint density at radius 3 is 2.18 bits per heavy atom. The molecule has 2 fully saturated rings. The minimum Gasteiger partial charge on any atom is -0.489 e. The van der Waals surface area contributed by atoms with Crippen molar-refractivity contribution in [2.45, 2.75) is 64.0 Å². The second-order valence-electron chi connectivity index (χ2n) is 11.1. The van der Waals surface area contributed by atoms with Gasteiger partial charge in [-0.1, -0.05) is 80.0 Å². The number of rotatable bonds is 11. The first-order chi connectivity index (χ1) is 18.9. The van der Waals surface area contributed by atoms with Gasteiger partial charge in [-0.05, 0) is 85.5 Å². The molecule has 1 saturated carbocycles. The third-order valence-electron chi connectivity index (χ3n) is 7.57. The van der Waals surface area contributed by atoms with Crippen molar-refractivity contribution in [3.05, 3.63) is 88.4 Å². The molecule has 0 aromatic heterocycles. The molecule has 3 aromatic rings. The molecule has 1 heterocycles. The molecule has 0 radical (unpaired) electrons. The van der Waals surface area contributed by atoms with Crippen LogP contribution in [-0.2, 0) is 11.2 Å². The standard InChI is InChI=1S/C33H37ClN2O3/c1-22(2)24-6-8-25(9-7-24)26-10-12-27(13-11-26)32(37)33(38)35-28(21-36-17-3-4-18-36)19-23-5-16-31(30(34)20-23)39-29-14-15-29/h5-13,16,20,22,28-29H,3-4,14-15,17-19,21H2,1-2H3,(H,35,38)/t28-/m0/s1. The fourth-order valence-corrected chi connectivity index (χ4v) is 5.36. The molecule has 39 heavy (non-hydrogen) atoms. The predicted octanol–water partition coefficient (Wildman–Crippen LogP) is 6.68. The van der Waals surface area contributed by atoms with Gasteiger partial charge in [-0.2, -0.15) is 0 Å². The van der Waals surface area contributed by atoms with E-state index < -0.39 is 11.7 Å². The monoisotopic (exact) mass is 544 g/mol. The summed E-state index contributed by atoms with van der Waals surface area (Å²) in [4.78, 5) is 28.5. The van der Waals surface area contributed by atoms with E-state index in [9.17, 15) is 9.59 Å². The molecule has 1 aliphatic carbocycles. The zero-order valence-corrected chi connectivity index (χ0v) is 23.5. The van der Waals surface area contributed by atoms with Crippen molar-refractivity contribution in [3.8, 4) is 16.9 Å². The van der Waals surface area contributed by atoms with E-state index in [1.54, 1.807) is 12.1 Å². The summed E-state index contributed by atoms with van der Waals surface area (Å²) in [6, 6.07) is 21.4. The van der Waals surface area contributed by atoms with E-state index in [2.05, 4.69) is 48.3 Å². The fraction of sp³-hybridized carbons (Fsp3) is 0.394. The van der Waals surface area contributed by atoms with E-state index in [0.717, 1.165) is 55.5 Å². The fourth-order valence-electron chi connectivity index (χ4n) is 5.11. The molecule has 204 valence electrons. The molecule has 1 saturated heterocycles. The molecule has 1 atom stereocenters. The van der Waals surface area contributed by atoms with Crippen LogP contribution in [0.25, 0.3) is 11.1 Å². The van der Waals surface area contributed by atoms with Gasteiger partial charge in [0, 0.05) is 18.2 Å². The van der Waals surface area contributed by atoms with Gasteiger partial charge in [-0.3, -0.25) is 9.59 Å². The quantitative estimate of drug-likeness (QED) is 0.216. The third-order valence-corrected chi connectivity index (χ3v) is 7.87. The Morgan fingerprint density at radius 1 is 0.949 bits per heavy atom. The zero-order chi connectivity index (χ0) is 27.4. The van der Waals surface area contributed by atoms with Crippen molar-refractivity contribution in [2.75, 3.05) is 19.6 Å². The van der Waals surface area contributed by atoms with E-state index >= 15 is 0 Å². The number of ketones is 1. The molecule has 0 bridgehead atoms. The van der Waals surface area contributed by atoms with Gasteiger partial charge in [-0.25, -0.2) is 0 Å². The number of nitrogens with zero attached hydrogens (tertiary/aromatic N) is 1. The summed E-state index contributed by atoms with van der Waals surface area (Å²) in [5.74, 6) is 0.0874. The summed E-state index contributed by atoms with van der Waals surface area (Å²) >= 11 is 6.49. The number of nitrogens with one attached hydrogen (secondary N) is 1. The highest BCUT2D eigenvalue weighted by Crippen LogP contribution is 2.32. The van der Waals surface area contributed by atoms with Gasteiger partial charge in [0.05, 0.1) is 11.1 Å². The lowest BCUT2D eigenvalue weighted by Gasteiger charge is -2.24. The molecule has 5 rings (SSSR count). The lowest BCUT2D eigenvalue weighted by atomic mass is 9.97. The Hall–Kier alpha value is -3.15. The molecule has 1 amide bonds. The van der Waals surface area contributed by atoms with Crippen LogP contribution >= 0.6 is 11.6 Å². The Labute approximate surface area is 236 Å². The first kappa shape index (κ1) is 27.4. The van der Waals surface area contributed by atoms with Crippen LogP contribution in [0.15, 0.2) is 66.7 Å². The summed E-state index contributed by atoms with van der Waals surface area (Å²) < 4.78 is 5.87. The summed E-state index contributed by atoms with van der Waals surface area (Å²) in [6.07, 6.45) is 5.33. The van der Waals surface area contributed by atoms with Crippen LogP contribution in [0.2, 0.25) is 5.02 Å². The number of amides is 1. The third kappa shape index (κ3) is 7.28. The SMILES string of the molecule is CC(C)c1ccc(-c2ccc(C(=O)C(=O)N[C@@H](Cc3ccc(OC4CC4)c(Cl)c3)CN3CCCC3)cc2)cc1. The molecular weight excluding hydrogens is 508 g/mol. The van der Waals surface area contributed by atoms with Crippen molar-refractivity contribution in [2.24, 2.45) is 0 Å². The van der Waals surface area contributed by atoms with Crippen molar-refractivity contribution in [1.29, 1.82) is 0 Å². The van der Waals surface area contributed by atoms with E-state index in [1.165, 1.54) is 5.56 Å². The van der Waals surface area contributed by atoms with Gasteiger partial charge < -0.3 is 15.0 Å². The van der Waals surface area contributed by atoms with Crippen LogP contribution in [0.3, 0.4) is 0 Å². The summed E-state index contributed by atoms with van der Waals surface area (Å²) in [5.41, 5.74) is 4.78. The summed E-state index contributed by atoms with van der Waals surface area (Å²) in [6.45, 7) is 7.06. The Morgan fingerprint density at radius 2 is 1.59 bits per heavy atom. The summed E-state index contributed by atoms with van der Waals surface area (Å²) in [5, 5.41) is 3.61. The predicted molar refractivity (Wildman–Crippen MR) is 157 cm³/mol. The Bertz CT molecular complexity index is 1290. The molecule has 2 aliphatic rings. The minimum atomic E-state index is -0.576. The smallest absolute Gasteiger partial charge is 0.292 e. The van der Waals surface area contributed by atoms with Crippen molar-refractivity contribution in [3.63, 3.8) is 0 Å². The molecule has 0 unspecified atom stereocenters. The molecular formula is C33H37ClN2O3. The van der Waals surface area contributed by atoms with Crippen LogP contribution in [0.5, 0.6) is 5.75 Å². The van der Waals surface area contributed by atoms with Crippen molar-refractivity contribution >= 4 is 23.3 Å². The van der Waals surface area contributed by atoms with Crippen molar-refractivity contribution in [1.82, 2.24) is 10.2 Å². The van der Waals surface area contributed by atoms with Gasteiger partial charge in [0.2, 0.25) is 5.78 Å². The second-order valence-corrected chi connectivity index (χ2v) is 11.6. The van der Waals surface area contributed by atoms with Crippen LogP contribution in [0.1, 0.15) is 66.9 Å². The maximum atomic E-state index is 13.1. The lowest BCUT2D eigenvalue weighted by molar-refractivity contribution is -0.117. The number of carbonyl (C=O) groups excluding carboxylic acids is 2. The van der Waals surface area contributed by atoms with Crippen LogP contribution in [-0.4, -0.2) is 48.4 Å². The largest absolute Gasteiger partial charge is 0.489 e. The van der Waals surface area contributed by atoms with Crippen LogP contribution in [0.4, 0.5) is 0 Å². The van der Waals surface area contributed by atoms with Crippen molar-refractivity contribution < 1.29 is 14.3 Å². The van der Waals surface area contributed by atoms with Gasteiger partial charge in [-0.15, -0.1) is 0 Å². The van der Waals surface area contributed by atoms with E-state index in [4.69, 9.17) is 16.3 Å².